The van der Waals surface area contributed by atoms with Crippen molar-refractivity contribution in [3.05, 3.63) is 192 Å². The maximum Gasteiger partial charge on any atom is 0.0579 e. The van der Waals surface area contributed by atoms with Gasteiger partial charge < -0.3 is 9.80 Å². The number of anilines is 6. The Labute approximate surface area is 341 Å². The lowest BCUT2D eigenvalue weighted by molar-refractivity contribution is 0.953. The highest BCUT2D eigenvalue weighted by molar-refractivity contribution is 7.00. The maximum absolute atomic E-state index is 2.65. The van der Waals surface area contributed by atoms with Gasteiger partial charge in [0, 0.05) is 38.2 Å². The van der Waals surface area contributed by atoms with Gasteiger partial charge in [0.25, 0.3) is 0 Å². The van der Waals surface area contributed by atoms with Crippen molar-refractivity contribution in [3.63, 3.8) is 0 Å². The third-order valence-corrected chi connectivity index (χ3v) is 22.5. The second kappa shape index (κ2) is 13.8. The minimum Gasteiger partial charge on any atom is -0.310 e. The number of benzene rings is 8. The molecule has 8 aromatic rings. The monoisotopic (exact) mass is 772 g/mol. The molecule has 0 N–H and O–H groups in total. The Bertz CT molecular complexity index is 2600. The van der Waals surface area contributed by atoms with E-state index in [0.717, 1.165) is 0 Å². The van der Waals surface area contributed by atoms with Crippen molar-refractivity contribution in [1.29, 1.82) is 0 Å². The minimum absolute atomic E-state index is 0.119. The van der Waals surface area contributed by atoms with E-state index in [4.69, 9.17) is 0 Å². The first-order chi connectivity index (χ1) is 27.4. The fraction of sp³-hybridized carbons (Fsp3) is 0.170. The normalized spacial score (nSPS) is 13.4. The Balaban J connectivity index is 1.46. The van der Waals surface area contributed by atoms with Crippen molar-refractivity contribution >= 4 is 71.8 Å². The Kier molecular flexibility index (Phi) is 8.91. The number of aryl methyl sites for hydroxylation is 2. The molecule has 4 heteroatoms. The summed E-state index contributed by atoms with van der Waals surface area (Å²) in [5.74, 6) is 0. The molecule has 0 fully saturated rings. The molecule has 0 saturated heterocycles. The van der Waals surface area contributed by atoms with Gasteiger partial charge in [-0.25, -0.2) is 0 Å². The highest BCUT2D eigenvalue weighted by atomic mass is 28.4. The standard InChI is InChI=1S/C53H52N2Si2/c1-37-21-19-27-41(33-37)54(39-23-11-9-12-24-39)49-35-47-51(45-31-17-15-29-43(45)49)52-46-32-18-16-30-44(46)50(36-48(52)53(47,56(3,4)5)57(6,7)8)55(40-25-13-10-14-26-40)42-28-20-22-38(2)34-42/h9-36H,1-8H3. The predicted molar refractivity (Wildman–Crippen MR) is 253 cm³/mol. The van der Waals surface area contributed by atoms with Gasteiger partial charge >= 0.3 is 0 Å². The van der Waals surface area contributed by atoms with Crippen LogP contribution >= 0.6 is 0 Å². The maximum atomic E-state index is 2.65. The molecule has 0 spiro atoms. The van der Waals surface area contributed by atoms with Gasteiger partial charge in [0.1, 0.15) is 0 Å². The summed E-state index contributed by atoms with van der Waals surface area (Å²) in [5, 5.41) is 5.20. The van der Waals surface area contributed by atoms with E-state index in [1.54, 1.807) is 0 Å². The van der Waals surface area contributed by atoms with Crippen LogP contribution in [-0.4, -0.2) is 16.1 Å². The second-order valence-corrected chi connectivity index (χ2v) is 29.0. The summed E-state index contributed by atoms with van der Waals surface area (Å²) in [4.78, 5) is 5.02. The lowest BCUT2D eigenvalue weighted by atomic mass is 9.92. The molecule has 0 radical (unpaired) electrons. The second-order valence-electron chi connectivity index (χ2n) is 18.0. The molecular weight excluding hydrogens is 721 g/mol. The quantitative estimate of drug-likeness (QED) is 0.142. The first-order valence-corrected chi connectivity index (χ1v) is 27.4. The van der Waals surface area contributed by atoms with Crippen molar-refractivity contribution in [1.82, 2.24) is 0 Å². The van der Waals surface area contributed by atoms with Crippen LogP contribution in [0, 0.1) is 13.8 Å². The van der Waals surface area contributed by atoms with Crippen molar-refractivity contribution in [3.8, 4) is 11.1 Å². The van der Waals surface area contributed by atoms with Gasteiger partial charge in [-0.15, -0.1) is 0 Å². The Morgan fingerprint density at radius 2 is 0.684 bits per heavy atom. The Hall–Kier alpha value is -5.69. The molecule has 0 heterocycles. The average molecular weight is 773 g/mol. The highest BCUT2D eigenvalue weighted by Crippen LogP contribution is 2.63. The minimum atomic E-state index is -2.11. The summed E-state index contributed by atoms with van der Waals surface area (Å²) in [7, 11) is -4.23. The van der Waals surface area contributed by atoms with E-state index in [1.807, 2.05) is 0 Å². The van der Waals surface area contributed by atoms with Gasteiger partial charge in [-0.2, -0.15) is 0 Å². The van der Waals surface area contributed by atoms with Crippen LogP contribution in [0.15, 0.2) is 170 Å². The third kappa shape index (κ3) is 5.80. The van der Waals surface area contributed by atoms with E-state index in [1.165, 1.54) is 89.0 Å². The van der Waals surface area contributed by atoms with E-state index >= 15 is 0 Å². The van der Waals surface area contributed by atoms with Crippen LogP contribution in [0.5, 0.6) is 0 Å². The van der Waals surface area contributed by atoms with Crippen molar-refractivity contribution in [2.75, 3.05) is 9.80 Å². The largest absolute Gasteiger partial charge is 0.310 e. The third-order valence-electron chi connectivity index (χ3n) is 12.4. The Morgan fingerprint density at radius 1 is 0.351 bits per heavy atom. The van der Waals surface area contributed by atoms with E-state index in [2.05, 4.69) is 233 Å². The van der Waals surface area contributed by atoms with E-state index in [9.17, 15) is 0 Å². The molecular formula is C53H52N2Si2. The smallest absolute Gasteiger partial charge is 0.0579 e. The molecule has 0 saturated carbocycles. The molecule has 57 heavy (non-hydrogen) atoms. The predicted octanol–water partition coefficient (Wildman–Crippen LogP) is 15.6. The van der Waals surface area contributed by atoms with Crippen LogP contribution in [-0.2, 0) is 4.66 Å². The van der Waals surface area contributed by atoms with Crippen LogP contribution in [0.4, 0.5) is 34.1 Å². The Morgan fingerprint density at radius 3 is 1.04 bits per heavy atom. The number of fused-ring (bicyclic) bond motifs is 7. The lowest BCUT2D eigenvalue weighted by Crippen LogP contribution is -2.63. The molecule has 1 aliphatic rings. The SMILES string of the molecule is Cc1cccc(N(c2ccccc2)c2cc3c(c4ccccc24)-c2c(cc(N(c4ccccc4)c4cccc(C)c4)c4ccccc24)C3([Si](C)(C)C)[Si](C)(C)C)c1. The van der Waals surface area contributed by atoms with Crippen LogP contribution < -0.4 is 9.80 Å². The molecule has 2 nitrogen and oxygen atoms in total. The molecule has 0 bridgehead atoms. The molecule has 1 aliphatic carbocycles. The number of para-hydroxylation sites is 2. The van der Waals surface area contributed by atoms with Gasteiger partial charge in [0.15, 0.2) is 0 Å². The zero-order valence-electron chi connectivity index (χ0n) is 34.6. The van der Waals surface area contributed by atoms with E-state index in [-0.39, 0.29) is 4.66 Å². The van der Waals surface area contributed by atoms with Crippen LogP contribution in [0.25, 0.3) is 32.7 Å². The molecule has 0 amide bonds. The summed E-state index contributed by atoms with van der Waals surface area (Å²) < 4.78 is -0.119. The fourth-order valence-corrected chi connectivity index (χ4v) is 23.7. The molecule has 282 valence electrons. The van der Waals surface area contributed by atoms with Crippen molar-refractivity contribution in [2.45, 2.75) is 57.8 Å². The van der Waals surface area contributed by atoms with Crippen LogP contribution in [0.3, 0.4) is 0 Å². The fourth-order valence-electron chi connectivity index (χ4n) is 10.6. The van der Waals surface area contributed by atoms with Gasteiger partial charge in [-0.05, 0) is 119 Å². The van der Waals surface area contributed by atoms with Gasteiger partial charge in [0.05, 0.1) is 27.5 Å². The van der Waals surface area contributed by atoms with E-state index in [0.29, 0.717) is 0 Å². The first-order valence-electron chi connectivity index (χ1n) is 20.4. The summed E-state index contributed by atoms with van der Waals surface area (Å²) in [6.45, 7) is 20.2. The average Bonchev–Trinajstić information content (AvgIpc) is 3.51. The van der Waals surface area contributed by atoms with E-state index < -0.39 is 16.1 Å². The summed E-state index contributed by atoms with van der Waals surface area (Å²) in [5.41, 5.74) is 15.6. The summed E-state index contributed by atoms with van der Waals surface area (Å²) in [6.07, 6.45) is 0. The summed E-state index contributed by atoms with van der Waals surface area (Å²) >= 11 is 0. The molecule has 9 rings (SSSR count). The zero-order chi connectivity index (χ0) is 39.7. The molecule has 0 aliphatic heterocycles. The first kappa shape index (κ1) is 36.9. The molecule has 8 aromatic carbocycles. The zero-order valence-corrected chi connectivity index (χ0v) is 36.6. The van der Waals surface area contributed by atoms with Crippen LogP contribution in [0.2, 0.25) is 39.3 Å². The van der Waals surface area contributed by atoms with Gasteiger partial charge in [-0.1, -0.05) is 148 Å². The molecule has 0 unspecified atom stereocenters. The number of hydrogen-bond acceptors (Lipinski definition) is 2. The van der Waals surface area contributed by atoms with Crippen LogP contribution in [0.1, 0.15) is 22.3 Å². The lowest BCUT2D eigenvalue weighted by Gasteiger charge is -2.51. The van der Waals surface area contributed by atoms with Gasteiger partial charge in [0.2, 0.25) is 0 Å². The topological polar surface area (TPSA) is 6.48 Å². The molecule has 0 aromatic heterocycles. The number of rotatable bonds is 8. The van der Waals surface area contributed by atoms with Crippen molar-refractivity contribution < 1.29 is 0 Å². The molecule has 0 atom stereocenters. The summed E-state index contributed by atoms with van der Waals surface area (Å²) in [6, 6.07) is 63.6. The van der Waals surface area contributed by atoms with Gasteiger partial charge in [-0.3, -0.25) is 0 Å². The van der Waals surface area contributed by atoms with Crippen molar-refractivity contribution in [2.24, 2.45) is 0 Å². The highest BCUT2D eigenvalue weighted by Gasteiger charge is 2.60. The number of nitrogens with zero attached hydrogens (tertiary/aromatic N) is 2. The number of hydrogen-bond donors (Lipinski definition) is 0.